The molecule has 0 unspecified atom stereocenters. The lowest BCUT2D eigenvalue weighted by Crippen LogP contribution is -2.00. The molecule has 2 heterocycles. The Morgan fingerprint density at radius 3 is 2.94 bits per heavy atom. The molecule has 2 aromatic rings. The van der Waals surface area contributed by atoms with Crippen LogP contribution in [0.1, 0.15) is 19.0 Å². The van der Waals surface area contributed by atoms with Crippen molar-refractivity contribution < 1.29 is 0 Å². The van der Waals surface area contributed by atoms with Gasteiger partial charge in [0.15, 0.2) is 5.82 Å². The number of pyridine rings is 1. The number of rotatable bonds is 3. The average Bonchev–Trinajstić information content (AvgIpc) is 2.35. The van der Waals surface area contributed by atoms with E-state index in [0.29, 0.717) is 21.2 Å². The second kappa shape index (κ2) is 5.91. The summed E-state index contributed by atoms with van der Waals surface area (Å²) < 4.78 is 1.36. The fourth-order valence-electron chi connectivity index (χ4n) is 1.60. The Labute approximate surface area is 124 Å². The van der Waals surface area contributed by atoms with E-state index in [1.54, 1.807) is 18.3 Å². The third-order valence-electron chi connectivity index (χ3n) is 2.42. The highest BCUT2D eigenvalue weighted by Gasteiger charge is 2.10. The Morgan fingerprint density at radius 1 is 1.50 bits per heavy atom. The van der Waals surface area contributed by atoms with Gasteiger partial charge < -0.3 is 4.98 Å². The molecule has 0 amide bonds. The minimum atomic E-state index is 0.522. The van der Waals surface area contributed by atoms with Crippen LogP contribution >= 0.6 is 39.7 Å². The third kappa shape index (κ3) is 2.79. The van der Waals surface area contributed by atoms with Crippen molar-refractivity contribution in [3.8, 4) is 11.5 Å². The molecule has 0 fully saturated rings. The highest BCUT2D eigenvalue weighted by molar-refractivity contribution is 9.10. The SMILES string of the molecule is CCCc1[nH]c(-c2ncccc2Cl)nc(=S)c1Br. The predicted octanol–water partition coefficient (Wildman–Crippen LogP) is 4.57. The number of nitrogens with one attached hydrogen (secondary N) is 1. The van der Waals surface area contributed by atoms with Crippen LogP contribution in [0.3, 0.4) is 0 Å². The first-order valence-electron chi connectivity index (χ1n) is 5.53. The molecule has 0 aliphatic heterocycles. The number of aromatic nitrogens is 3. The van der Waals surface area contributed by atoms with Gasteiger partial charge in [0.2, 0.25) is 0 Å². The molecule has 0 spiro atoms. The van der Waals surface area contributed by atoms with E-state index in [-0.39, 0.29) is 0 Å². The van der Waals surface area contributed by atoms with Crippen molar-refractivity contribution in [2.45, 2.75) is 19.8 Å². The lowest BCUT2D eigenvalue weighted by Gasteiger charge is -2.08. The Morgan fingerprint density at radius 2 is 2.28 bits per heavy atom. The van der Waals surface area contributed by atoms with Gasteiger partial charge in [-0.15, -0.1) is 0 Å². The molecule has 18 heavy (non-hydrogen) atoms. The molecule has 0 aromatic carbocycles. The van der Waals surface area contributed by atoms with Crippen molar-refractivity contribution in [2.75, 3.05) is 0 Å². The molecule has 0 bridgehead atoms. The third-order valence-corrected chi connectivity index (χ3v) is 4.14. The fourth-order valence-corrected chi connectivity index (χ4v) is 2.41. The molecule has 3 nitrogen and oxygen atoms in total. The van der Waals surface area contributed by atoms with E-state index < -0.39 is 0 Å². The molecule has 0 atom stereocenters. The summed E-state index contributed by atoms with van der Waals surface area (Å²) >= 11 is 14.8. The second-order valence-electron chi connectivity index (χ2n) is 3.77. The first kappa shape index (κ1) is 13.6. The normalized spacial score (nSPS) is 10.6. The lowest BCUT2D eigenvalue weighted by atomic mass is 10.2. The van der Waals surface area contributed by atoms with Gasteiger partial charge in [0.1, 0.15) is 10.3 Å². The maximum atomic E-state index is 6.11. The Hall–Kier alpha value is -0.780. The molecule has 2 aromatic heterocycles. The Balaban J connectivity index is 2.59. The highest BCUT2D eigenvalue weighted by Crippen LogP contribution is 2.25. The molecule has 0 aliphatic rings. The van der Waals surface area contributed by atoms with Crippen LogP contribution in [0.5, 0.6) is 0 Å². The van der Waals surface area contributed by atoms with Crippen molar-refractivity contribution in [1.29, 1.82) is 0 Å². The minimum Gasteiger partial charge on any atom is -0.341 e. The molecule has 94 valence electrons. The molecular weight excluding hydrogens is 334 g/mol. The maximum absolute atomic E-state index is 6.11. The quantitative estimate of drug-likeness (QED) is 0.829. The molecular formula is C12H11BrClN3S. The van der Waals surface area contributed by atoms with Crippen LogP contribution in [0.2, 0.25) is 5.02 Å². The molecule has 0 saturated carbocycles. The molecule has 2 rings (SSSR count). The van der Waals surface area contributed by atoms with Gasteiger partial charge in [-0.2, -0.15) is 0 Å². The largest absolute Gasteiger partial charge is 0.341 e. The van der Waals surface area contributed by atoms with E-state index in [9.17, 15) is 0 Å². The monoisotopic (exact) mass is 343 g/mol. The van der Waals surface area contributed by atoms with E-state index >= 15 is 0 Å². The van der Waals surface area contributed by atoms with Gasteiger partial charge in [-0.25, -0.2) is 4.98 Å². The topological polar surface area (TPSA) is 41.6 Å². The van der Waals surface area contributed by atoms with Crippen molar-refractivity contribution in [3.05, 3.63) is 38.2 Å². The molecule has 1 N–H and O–H groups in total. The number of hydrogen-bond donors (Lipinski definition) is 1. The van der Waals surface area contributed by atoms with Gasteiger partial charge in [0.25, 0.3) is 0 Å². The van der Waals surface area contributed by atoms with Gasteiger partial charge in [-0.1, -0.05) is 37.2 Å². The van der Waals surface area contributed by atoms with E-state index in [2.05, 4.69) is 37.8 Å². The number of hydrogen-bond acceptors (Lipinski definition) is 3. The number of halogens is 2. The summed E-state index contributed by atoms with van der Waals surface area (Å²) in [5, 5.41) is 0.556. The zero-order valence-electron chi connectivity index (χ0n) is 9.70. The van der Waals surface area contributed by atoms with Gasteiger partial charge in [-0.3, -0.25) is 4.98 Å². The van der Waals surface area contributed by atoms with E-state index in [4.69, 9.17) is 23.8 Å². The van der Waals surface area contributed by atoms with Gasteiger partial charge in [0.05, 0.1) is 9.50 Å². The first-order valence-corrected chi connectivity index (χ1v) is 7.11. The van der Waals surface area contributed by atoms with Gasteiger partial charge in [-0.05, 0) is 34.5 Å². The van der Waals surface area contributed by atoms with Crippen LogP contribution in [-0.4, -0.2) is 15.0 Å². The summed E-state index contributed by atoms with van der Waals surface area (Å²) in [6.07, 6.45) is 3.59. The van der Waals surface area contributed by atoms with Gasteiger partial charge in [0, 0.05) is 11.9 Å². The van der Waals surface area contributed by atoms with Crippen molar-refractivity contribution >= 4 is 39.7 Å². The zero-order chi connectivity index (χ0) is 13.1. The number of aryl methyl sites for hydroxylation is 1. The summed E-state index contributed by atoms with van der Waals surface area (Å²) in [4.78, 5) is 11.8. The molecule has 0 saturated heterocycles. The fraction of sp³-hybridized carbons (Fsp3) is 0.250. The Kier molecular flexibility index (Phi) is 4.48. The lowest BCUT2D eigenvalue weighted by molar-refractivity contribution is 0.864. The molecule has 0 aliphatic carbocycles. The van der Waals surface area contributed by atoms with E-state index in [1.165, 1.54) is 0 Å². The van der Waals surface area contributed by atoms with Crippen LogP contribution in [-0.2, 0) is 6.42 Å². The van der Waals surface area contributed by atoms with Crippen LogP contribution in [0.25, 0.3) is 11.5 Å². The Bertz CT molecular complexity index is 627. The molecule has 0 radical (unpaired) electrons. The standard InChI is InChI=1S/C12H11BrClN3S/c1-2-4-8-9(13)12(18)17-11(16-8)10-7(14)5-3-6-15-10/h3,5-6H,2,4H2,1H3,(H,16,17,18). The summed E-state index contributed by atoms with van der Waals surface area (Å²) in [5.41, 5.74) is 1.64. The van der Waals surface area contributed by atoms with Gasteiger partial charge >= 0.3 is 0 Å². The maximum Gasteiger partial charge on any atom is 0.159 e. The van der Waals surface area contributed by atoms with Crippen LogP contribution in [0, 0.1) is 4.64 Å². The first-order chi connectivity index (χ1) is 8.63. The average molecular weight is 345 g/mol. The van der Waals surface area contributed by atoms with Crippen LogP contribution in [0.15, 0.2) is 22.8 Å². The number of H-pyrrole nitrogens is 1. The van der Waals surface area contributed by atoms with Crippen molar-refractivity contribution in [2.24, 2.45) is 0 Å². The van der Waals surface area contributed by atoms with Crippen molar-refractivity contribution in [1.82, 2.24) is 15.0 Å². The highest BCUT2D eigenvalue weighted by atomic mass is 79.9. The minimum absolute atomic E-state index is 0.522. The zero-order valence-corrected chi connectivity index (χ0v) is 12.9. The smallest absolute Gasteiger partial charge is 0.159 e. The molecule has 6 heteroatoms. The van der Waals surface area contributed by atoms with Crippen molar-refractivity contribution in [3.63, 3.8) is 0 Å². The number of aromatic amines is 1. The number of nitrogens with zero attached hydrogens (tertiary/aromatic N) is 2. The van der Waals surface area contributed by atoms with Crippen LogP contribution < -0.4 is 0 Å². The van der Waals surface area contributed by atoms with Crippen LogP contribution in [0.4, 0.5) is 0 Å². The summed E-state index contributed by atoms with van der Waals surface area (Å²) in [6, 6.07) is 3.57. The summed E-state index contributed by atoms with van der Waals surface area (Å²) in [5.74, 6) is 0.609. The second-order valence-corrected chi connectivity index (χ2v) is 5.35. The summed E-state index contributed by atoms with van der Waals surface area (Å²) in [7, 11) is 0. The van der Waals surface area contributed by atoms with E-state index in [1.807, 2.05) is 0 Å². The summed E-state index contributed by atoms with van der Waals surface area (Å²) in [6.45, 7) is 2.11. The van der Waals surface area contributed by atoms with E-state index in [0.717, 1.165) is 23.0 Å². The predicted molar refractivity (Wildman–Crippen MR) is 79.4 cm³/mol.